The Kier molecular flexibility index (Phi) is 10.3. The Morgan fingerprint density at radius 3 is 2.28 bits per heavy atom. The second-order valence-electron chi connectivity index (χ2n) is 11.8. The molecule has 1 aliphatic carbocycles. The van der Waals surface area contributed by atoms with Gasteiger partial charge in [0.05, 0.1) is 13.7 Å². The third-order valence-corrected chi connectivity index (χ3v) is 8.42. The second-order valence-corrected chi connectivity index (χ2v) is 11.8. The summed E-state index contributed by atoms with van der Waals surface area (Å²) in [6, 6.07) is 11.1. The Hall–Kier alpha value is -3.50. The maximum atomic E-state index is 13.9. The van der Waals surface area contributed by atoms with Crippen molar-refractivity contribution in [1.82, 2.24) is 15.1 Å². The minimum absolute atomic E-state index is 0.000745. The van der Waals surface area contributed by atoms with E-state index in [2.05, 4.69) is 5.32 Å². The van der Waals surface area contributed by atoms with Crippen LogP contribution in [0, 0.1) is 11.8 Å². The van der Waals surface area contributed by atoms with Crippen LogP contribution in [-0.2, 0) is 4.74 Å². The average Bonchev–Trinajstić information content (AvgIpc) is 3.78. The van der Waals surface area contributed by atoms with Gasteiger partial charge < -0.3 is 38.8 Å². The Balaban J connectivity index is 1.27. The summed E-state index contributed by atoms with van der Waals surface area (Å²) in [5.74, 6) is 2.87. The Morgan fingerprint density at radius 1 is 0.884 bits per heavy atom. The van der Waals surface area contributed by atoms with Crippen molar-refractivity contribution in [3.05, 3.63) is 47.5 Å². The summed E-state index contributed by atoms with van der Waals surface area (Å²) >= 11 is 0. The van der Waals surface area contributed by atoms with Gasteiger partial charge in [-0.15, -0.1) is 0 Å². The molecular weight excluding hydrogens is 550 g/mol. The number of carbonyl (C=O) groups is 2. The number of methoxy groups -OCH3 is 2. The third-order valence-electron chi connectivity index (χ3n) is 8.42. The Morgan fingerprint density at radius 2 is 1.58 bits per heavy atom. The second kappa shape index (κ2) is 14.3. The lowest BCUT2D eigenvalue weighted by Crippen LogP contribution is -2.45. The van der Waals surface area contributed by atoms with Gasteiger partial charge in [0, 0.05) is 69.5 Å². The summed E-state index contributed by atoms with van der Waals surface area (Å²) in [6.07, 6.45) is 2.77. The molecule has 2 aromatic rings. The monoisotopic (exact) mass is 595 g/mol. The van der Waals surface area contributed by atoms with Crippen LogP contribution in [0.3, 0.4) is 0 Å². The molecule has 0 spiro atoms. The van der Waals surface area contributed by atoms with Crippen molar-refractivity contribution in [2.75, 3.05) is 66.8 Å². The number of nitrogens with zero attached hydrogens (tertiary/aromatic N) is 2. The van der Waals surface area contributed by atoms with Gasteiger partial charge in [0.2, 0.25) is 0 Å². The highest BCUT2D eigenvalue weighted by Gasteiger charge is 2.39. The molecule has 234 valence electrons. The number of rotatable bonds is 14. The van der Waals surface area contributed by atoms with Crippen molar-refractivity contribution in [2.24, 2.45) is 11.8 Å². The Bertz CT molecular complexity index is 1270. The molecule has 10 heteroatoms. The lowest BCUT2D eigenvalue weighted by atomic mass is 9.93. The maximum absolute atomic E-state index is 13.9. The topological polar surface area (TPSA) is 98.8 Å². The SMILES string of the molecule is COCCCOc1cc(C(=O)N(C[C@@H]2CNC[C@H]2CN(C(=O)c2ccc3c(c2)OCCO3)C2CC2)C(C)C)ccc1OC. The normalized spacial score (nSPS) is 19.3. The Labute approximate surface area is 254 Å². The van der Waals surface area contributed by atoms with E-state index in [1.165, 1.54) is 0 Å². The maximum Gasteiger partial charge on any atom is 0.254 e. The van der Waals surface area contributed by atoms with E-state index in [0.717, 1.165) is 32.4 Å². The molecule has 0 bridgehead atoms. The molecule has 2 atom stereocenters. The van der Waals surface area contributed by atoms with Gasteiger partial charge >= 0.3 is 0 Å². The summed E-state index contributed by atoms with van der Waals surface area (Å²) in [6.45, 7) is 9.01. The summed E-state index contributed by atoms with van der Waals surface area (Å²) in [4.78, 5) is 31.6. The zero-order valence-corrected chi connectivity index (χ0v) is 25.8. The minimum atomic E-state index is -0.0450. The average molecular weight is 596 g/mol. The molecule has 1 N–H and O–H groups in total. The van der Waals surface area contributed by atoms with Crippen LogP contribution in [0.1, 0.15) is 53.8 Å². The van der Waals surface area contributed by atoms with E-state index in [9.17, 15) is 9.59 Å². The van der Waals surface area contributed by atoms with Gasteiger partial charge in [0.15, 0.2) is 23.0 Å². The van der Waals surface area contributed by atoms with E-state index >= 15 is 0 Å². The quantitative estimate of drug-likeness (QED) is 0.329. The van der Waals surface area contributed by atoms with Crippen LogP contribution in [0.15, 0.2) is 36.4 Å². The van der Waals surface area contributed by atoms with Crippen LogP contribution in [-0.4, -0.2) is 101 Å². The van der Waals surface area contributed by atoms with Crippen molar-refractivity contribution in [3.8, 4) is 23.0 Å². The summed E-state index contributed by atoms with van der Waals surface area (Å²) in [5, 5.41) is 3.53. The standard InChI is InChI=1S/C33H45N3O7/c1-22(2)35(32(37)23-6-10-28(40-4)30(16-23)41-13-5-12-39-3)20-25-18-34-19-26(25)21-36(27-8-9-27)33(38)24-7-11-29-31(17-24)43-15-14-42-29/h6-7,10-11,16-17,22,25-27,34H,5,8-9,12-15,18-21H2,1-4H3/t25-,26-/m0/s1. The van der Waals surface area contributed by atoms with Crippen molar-refractivity contribution in [1.29, 1.82) is 0 Å². The predicted octanol–water partition coefficient (Wildman–Crippen LogP) is 3.87. The number of hydrogen-bond acceptors (Lipinski definition) is 8. The number of fused-ring (bicyclic) bond motifs is 1. The smallest absolute Gasteiger partial charge is 0.254 e. The van der Waals surface area contributed by atoms with Crippen LogP contribution < -0.4 is 24.3 Å². The van der Waals surface area contributed by atoms with Gasteiger partial charge in [-0.05, 0) is 74.9 Å². The molecule has 1 saturated heterocycles. The summed E-state index contributed by atoms with van der Waals surface area (Å²) < 4.78 is 27.9. The van der Waals surface area contributed by atoms with E-state index in [4.69, 9.17) is 23.7 Å². The molecule has 43 heavy (non-hydrogen) atoms. The molecule has 1 saturated carbocycles. The van der Waals surface area contributed by atoms with Crippen LogP contribution in [0.5, 0.6) is 23.0 Å². The molecular formula is C33H45N3O7. The van der Waals surface area contributed by atoms with Crippen molar-refractivity contribution < 1.29 is 33.3 Å². The lowest BCUT2D eigenvalue weighted by Gasteiger charge is -2.34. The molecule has 5 rings (SSSR count). The van der Waals surface area contributed by atoms with Crippen LogP contribution in [0.4, 0.5) is 0 Å². The molecule has 2 heterocycles. The number of carbonyl (C=O) groups excluding carboxylic acids is 2. The van der Waals surface area contributed by atoms with Crippen LogP contribution in [0.25, 0.3) is 0 Å². The van der Waals surface area contributed by atoms with E-state index in [1.54, 1.807) is 38.5 Å². The highest BCUT2D eigenvalue weighted by Crippen LogP contribution is 2.35. The number of benzene rings is 2. The fourth-order valence-electron chi connectivity index (χ4n) is 5.85. The molecule has 10 nitrogen and oxygen atoms in total. The summed E-state index contributed by atoms with van der Waals surface area (Å²) in [7, 11) is 3.25. The zero-order chi connectivity index (χ0) is 30.3. The van der Waals surface area contributed by atoms with Gasteiger partial charge in [-0.2, -0.15) is 0 Å². The number of amides is 2. The first kappa shape index (κ1) is 30.9. The molecule has 2 amide bonds. The molecule has 0 unspecified atom stereocenters. The van der Waals surface area contributed by atoms with E-state index in [0.29, 0.717) is 73.6 Å². The molecule has 2 fully saturated rings. The van der Waals surface area contributed by atoms with Gasteiger partial charge in [-0.1, -0.05) is 0 Å². The highest BCUT2D eigenvalue weighted by molar-refractivity contribution is 5.96. The number of hydrogen-bond donors (Lipinski definition) is 1. The number of ether oxygens (including phenoxy) is 5. The highest BCUT2D eigenvalue weighted by atomic mass is 16.6. The largest absolute Gasteiger partial charge is 0.493 e. The van der Waals surface area contributed by atoms with Gasteiger partial charge in [-0.3, -0.25) is 9.59 Å². The minimum Gasteiger partial charge on any atom is -0.493 e. The van der Waals surface area contributed by atoms with E-state index in [-0.39, 0.29) is 35.7 Å². The van der Waals surface area contributed by atoms with Crippen LogP contribution >= 0.6 is 0 Å². The first-order chi connectivity index (χ1) is 20.9. The summed E-state index contributed by atoms with van der Waals surface area (Å²) in [5.41, 5.74) is 1.18. The van der Waals surface area contributed by atoms with Crippen molar-refractivity contribution in [2.45, 2.75) is 45.2 Å². The van der Waals surface area contributed by atoms with Gasteiger partial charge in [0.1, 0.15) is 13.2 Å². The van der Waals surface area contributed by atoms with E-state index < -0.39 is 0 Å². The fraction of sp³-hybridized carbons (Fsp3) is 0.576. The lowest BCUT2D eigenvalue weighted by molar-refractivity contribution is 0.0612. The molecule has 2 aromatic carbocycles. The molecule has 2 aliphatic heterocycles. The molecule has 0 aromatic heterocycles. The molecule has 3 aliphatic rings. The van der Waals surface area contributed by atoms with E-state index in [1.807, 2.05) is 35.8 Å². The van der Waals surface area contributed by atoms with Crippen LogP contribution in [0.2, 0.25) is 0 Å². The molecule has 0 radical (unpaired) electrons. The first-order valence-corrected chi connectivity index (χ1v) is 15.4. The zero-order valence-electron chi connectivity index (χ0n) is 25.8. The van der Waals surface area contributed by atoms with Crippen molar-refractivity contribution >= 4 is 11.8 Å². The predicted molar refractivity (Wildman–Crippen MR) is 162 cm³/mol. The first-order valence-electron chi connectivity index (χ1n) is 15.4. The fourth-order valence-corrected chi connectivity index (χ4v) is 5.85. The number of nitrogens with one attached hydrogen (secondary N) is 1. The van der Waals surface area contributed by atoms with Gasteiger partial charge in [-0.25, -0.2) is 0 Å². The van der Waals surface area contributed by atoms with Crippen molar-refractivity contribution in [3.63, 3.8) is 0 Å². The third kappa shape index (κ3) is 7.54. The van der Waals surface area contributed by atoms with Gasteiger partial charge in [0.25, 0.3) is 11.8 Å².